The van der Waals surface area contributed by atoms with Gasteiger partial charge in [0.25, 0.3) is 0 Å². The summed E-state index contributed by atoms with van der Waals surface area (Å²) >= 11 is 0. The van der Waals surface area contributed by atoms with Crippen molar-refractivity contribution in [2.24, 2.45) is 0 Å². The fraction of sp³-hybridized carbons (Fsp3) is 0.600. The molecule has 1 N–H and O–H groups in total. The van der Waals surface area contributed by atoms with Crippen LogP contribution in [0.4, 0.5) is 0 Å². The van der Waals surface area contributed by atoms with Gasteiger partial charge in [-0.1, -0.05) is 45.0 Å². The summed E-state index contributed by atoms with van der Waals surface area (Å²) in [6.07, 6.45) is 1.62. The zero-order valence-electron chi connectivity index (χ0n) is 11.2. The first-order valence-electron chi connectivity index (χ1n) is 6.21. The quantitative estimate of drug-likeness (QED) is 0.852. The van der Waals surface area contributed by atoms with Crippen LogP contribution in [0.1, 0.15) is 44.7 Å². The van der Waals surface area contributed by atoms with Gasteiger partial charge >= 0.3 is 0 Å². The molecule has 0 aliphatic heterocycles. The van der Waals surface area contributed by atoms with Gasteiger partial charge in [0.1, 0.15) is 0 Å². The van der Waals surface area contributed by atoms with Crippen LogP contribution in [0.15, 0.2) is 24.3 Å². The van der Waals surface area contributed by atoms with Crippen LogP contribution in [-0.4, -0.2) is 18.3 Å². The smallest absolute Gasteiger partial charge is 0.0945 e. The van der Waals surface area contributed by atoms with Gasteiger partial charge in [-0.05, 0) is 16.5 Å². The maximum atomic E-state index is 10.4. The van der Waals surface area contributed by atoms with Gasteiger partial charge in [0.15, 0.2) is 0 Å². The van der Waals surface area contributed by atoms with Crippen molar-refractivity contribution in [1.29, 1.82) is 0 Å². The van der Waals surface area contributed by atoms with E-state index in [9.17, 15) is 5.11 Å². The van der Waals surface area contributed by atoms with Crippen LogP contribution in [0.25, 0.3) is 0 Å². The summed E-state index contributed by atoms with van der Waals surface area (Å²) in [5.74, 6) is 0. The van der Waals surface area contributed by atoms with Crippen molar-refractivity contribution in [1.82, 2.24) is 0 Å². The van der Waals surface area contributed by atoms with E-state index in [-0.39, 0.29) is 11.5 Å². The highest BCUT2D eigenvalue weighted by Gasteiger charge is 2.44. The predicted molar refractivity (Wildman–Crippen MR) is 69.1 cm³/mol. The largest absolute Gasteiger partial charge is 0.385 e. The number of ether oxygens (including phenoxy) is 1. The average Bonchev–Trinajstić information content (AvgIpc) is 2.23. The van der Waals surface area contributed by atoms with Crippen LogP contribution in [-0.2, 0) is 15.8 Å². The van der Waals surface area contributed by atoms with Gasteiger partial charge in [-0.25, -0.2) is 0 Å². The lowest BCUT2D eigenvalue weighted by molar-refractivity contribution is -0.133. The standard InChI is InChI=1S/C15H22O2/c1-14(2,3)11-5-7-12(8-6-11)15(16)9-13(10-15)17-4/h5-8,13,16H,9-10H2,1-4H3. The molecular formula is C15H22O2. The number of aliphatic hydroxyl groups is 1. The molecule has 1 aliphatic carbocycles. The summed E-state index contributed by atoms with van der Waals surface area (Å²) in [5.41, 5.74) is 1.80. The Labute approximate surface area is 104 Å². The fourth-order valence-electron chi connectivity index (χ4n) is 2.38. The van der Waals surface area contributed by atoms with E-state index in [1.165, 1.54) is 5.56 Å². The Morgan fingerprint density at radius 3 is 2.12 bits per heavy atom. The van der Waals surface area contributed by atoms with Crippen LogP contribution in [0.3, 0.4) is 0 Å². The monoisotopic (exact) mass is 234 g/mol. The predicted octanol–water partition coefficient (Wildman–Crippen LogP) is 2.98. The molecule has 0 amide bonds. The minimum atomic E-state index is -0.670. The van der Waals surface area contributed by atoms with E-state index in [0.717, 1.165) is 5.56 Å². The molecule has 1 aromatic carbocycles. The van der Waals surface area contributed by atoms with Crippen LogP contribution in [0.2, 0.25) is 0 Å². The van der Waals surface area contributed by atoms with Crippen LogP contribution in [0.5, 0.6) is 0 Å². The molecule has 0 unspecified atom stereocenters. The summed E-state index contributed by atoms with van der Waals surface area (Å²) in [6, 6.07) is 8.33. The van der Waals surface area contributed by atoms with Crippen LogP contribution < -0.4 is 0 Å². The third kappa shape index (κ3) is 2.38. The third-order valence-electron chi connectivity index (χ3n) is 3.75. The maximum absolute atomic E-state index is 10.4. The van der Waals surface area contributed by atoms with Gasteiger partial charge in [0, 0.05) is 20.0 Å². The van der Waals surface area contributed by atoms with E-state index in [1.54, 1.807) is 7.11 Å². The Balaban J connectivity index is 2.14. The molecule has 0 heterocycles. The van der Waals surface area contributed by atoms with Gasteiger partial charge in [0.2, 0.25) is 0 Å². The van der Waals surface area contributed by atoms with Crippen molar-refractivity contribution in [3.63, 3.8) is 0 Å². The summed E-state index contributed by atoms with van der Waals surface area (Å²) in [5, 5.41) is 10.4. The van der Waals surface area contributed by atoms with E-state index in [1.807, 2.05) is 12.1 Å². The molecule has 2 heteroatoms. The lowest BCUT2D eigenvalue weighted by atomic mass is 9.72. The molecule has 0 aromatic heterocycles. The van der Waals surface area contributed by atoms with Crippen LogP contribution >= 0.6 is 0 Å². The molecule has 0 atom stereocenters. The van der Waals surface area contributed by atoms with Crippen molar-refractivity contribution >= 4 is 0 Å². The van der Waals surface area contributed by atoms with E-state index >= 15 is 0 Å². The first-order valence-corrected chi connectivity index (χ1v) is 6.21. The molecule has 1 aliphatic rings. The highest BCUT2D eigenvalue weighted by molar-refractivity contribution is 5.32. The van der Waals surface area contributed by atoms with Crippen LogP contribution in [0, 0.1) is 0 Å². The zero-order chi connectivity index (χ0) is 12.7. The minimum absolute atomic E-state index is 0.163. The normalized spacial score (nSPS) is 28.9. The first-order chi connectivity index (χ1) is 7.85. The van der Waals surface area contributed by atoms with Crippen molar-refractivity contribution < 1.29 is 9.84 Å². The van der Waals surface area contributed by atoms with E-state index in [0.29, 0.717) is 12.8 Å². The van der Waals surface area contributed by atoms with Crippen molar-refractivity contribution in [3.8, 4) is 0 Å². The number of benzene rings is 1. The van der Waals surface area contributed by atoms with Gasteiger partial charge in [-0.15, -0.1) is 0 Å². The summed E-state index contributed by atoms with van der Waals surface area (Å²) in [6.45, 7) is 6.59. The highest BCUT2D eigenvalue weighted by Crippen LogP contribution is 2.43. The maximum Gasteiger partial charge on any atom is 0.0945 e. The second-order valence-corrected chi connectivity index (χ2v) is 6.12. The molecule has 1 fully saturated rings. The molecule has 0 bridgehead atoms. The Hall–Kier alpha value is -0.860. The summed E-state index contributed by atoms with van der Waals surface area (Å²) in [7, 11) is 1.70. The molecular weight excluding hydrogens is 212 g/mol. The lowest BCUT2D eigenvalue weighted by Crippen LogP contribution is -2.45. The summed E-state index contributed by atoms with van der Waals surface area (Å²) < 4.78 is 5.22. The Kier molecular flexibility index (Phi) is 3.04. The van der Waals surface area contributed by atoms with Crippen molar-refractivity contribution in [3.05, 3.63) is 35.4 Å². The molecule has 0 radical (unpaired) electrons. The molecule has 2 rings (SSSR count). The van der Waals surface area contributed by atoms with E-state index < -0.39 is 5.60 Å². The lowest BCUT2D eigenvalue weighted by Gasteiger charge is -2.43. The Bertz CT molecular complexity index is 380. The SMILES string of the molecule is COC1CC(O)(c2ccc(C(C)(C)C)cc2)C1. The molecule has 17 heavy (non-hydrogen) atoms. The molecule has 1 aromatic rings. The number of hydrogen-bond acceptors (Lipinski definition) is 2. The highest BCUT2D eigenvalue weighted by atomic mass is 16.5. The van der Waals surface area contributed by atoms with Crippen molar-refractivity contribution in [2.45, 2.75) is 50.7 Å². The molecule has 94 valence electrons. The third-order valence-corrected chi connectivity index (χ3v) is 3.75. The topological polar surface area (TPSA) is 29.5 Å². The molecule has 1 saturated carbocycles. The average molecular weight is 234 g/mol. The Morgan fingerprint density at radius 1 is 1.18 bits per heavy atom. The van der Waals surface area contributed by atoms with E-state index in [4.69, 9.17) is 4.74 Å². The first kappa shape index (κ1) is 12.6. The van der Waals surface area contributed by atoms with Gasteiger partial charge < -0.3 is 9.84 Å². The van der Waals surface area contributed by atoms with Gasteiger partial charge in [-0.2, -0.15) is 0 Å². The minimum Gasteiger partial charge on any atom is -0.385 e. The van der Waals surface area contributed by atoms with Gasteiger partial charge in [0.05, 0.1) is 11.7 Å². The van der Waals surface area contributed by atoms with Crippen molar-refractivity contribution in [2.75, 3.05) is 7.11 Å². The second-order valence-electron chi connectivity index (χ2n) is 6.12. The number of hydrogen-bond donors (Lipinski definition) is 1. The molecule has 2 nitrogen and oxygen atoms in total. The van der Waals surface area contributed by atoms with Gasteiger partial charge in [-0.3, -0.25) is 0 Å². The number of methoxy groups -OCH3 is 1. The number of rotatable bonds is 2. The van der Waals surface area contributed by atoms with E-state index in [2.05, 4.69) is 32.9 Å². The second kappa shape index (κ2) is 4.11. The Morgan fingerprint density at radius 2 is 1.71 bits per heavy atom. The zero-order valence-corrected chi connectivity index (χ0v) is 11.2. The summed E-state index contributed by atoms with van der Waals surface area (Å²) in [4.78, 5) is 0. The molecule has 0 spiro atoms. The fourth-order valence-corrected chi connectivity index (χ4v) is 2.38. The molecule has 0 saturated heterocycles.